The first-order chi connectivity index (χ1) is 11.2. The van der Waals surface area contributed by atoms with E-state index >= 15 is 0 Å². The highest BCUT2D eigenvalue weighted by atomic mass is 32.2. The second kappa shape index (κ2) is 7.34. The highest BCUT2D eigenvalue weighted by Crippen LogP contribution is 2.38. The van der Waals surface area contributed by atoms with E-state index in [2.05, 4.69) is 10.3 Å². The van der Waals surface area contributed by atoms with E-state index < -0.39 is 0 Å². The van der Waals surface area contributed by atoms with Crippen LogP contribution in [0.15, 0.2) is 23.4 Å². The molecule has 1 fully saturated rings. The third-order valence-electron chi connectivity index (χ3n) is 4.49. The lowest BCUT2D eigenvalue weighted by atomic mass is 9.95. The van der Waals surface area contributed by atoms with Crippen molar-refractivity contribution in [2.24, 2.45) is 0 Å². The van der Waals surface area contributed by atoms with Crippen LogP contribution >= 0.6 is 11.8 Å². The molecule has 2 aliphatic rings. The summed E-state index contributed by atoms with van der Waals surface area (Å²) in [5.41, 5.74) is 0.855. The maximum atomic E-state index is 12.6. The summed E-state index contributed by atoms with van der Waals surface area (Å²) in [6.07, 6.45) is 7.70. The van der Waals surface area contributed by atoms with Crippen molar-refractivity contribution < 1.29 is 9.59 Å². The summed E-state index contributed by atoms with van der Waals surface area (Å²) in [4.78, 5) is 31.1. The van der Waals surface area contributed by atoms with Gasteiger partial charge in [-0.15, -0.1) is 0 Å². The number of carbonyl (C=O) groups excluding carboxylic acids is 2. The van der Waals surface area contributed by atoms with Gasteiger partial charge in [-0.2, -0.15) is 0 Å². The summed E-state index contributed by atoms with van der Waals surface area (Å²) in [7, 11) is 0. The van der Waals surface area contributed by atoms with Crippen LogP contribution in [0.2, 0.25) is 0 Å². The van der Waals surface area contributed by atoms with Crippen LogP contribution in [0.5, 0.6) is 0 Å². The first-order valence-electron chi connectivity index (χ1n) is 8.41. The molecule has 1 aliphatic heterocycles. The largest absolute Gasteiger partial charge is 0.353 e. The molecule has 1 unspecified atom stereocenters. The number of pyridine rings is 1. The van der Waals surface area contributed by atoms with Gasteiger partial charge in [0.15, 0.2) is 0 Å². The number of rotatable bonds is 4. The maximum absolute atomic E-state index is 12.6. The minimum atomic E-state index is -0.374. The molecule has 2 amide bonds. The molecule has 1 aromatic heterocycles. The summed E-state index contributed by atoms with van der Waals surface area (Å²) in [6.45, 7) is 2.54. The Hall–Kier alpha value is -1.56. The number of hydrogen-bond acceptors (Lipinski definition) is 4. The minimum absolute atomic E-state index is 0.0109. The van der Waals surface area contributed by atoms with Crippen molar-refractivity contribution in [3.63, 3.8) is 0 Å². The van der Waals surface area contributed by atoms with Crippen molar-refractivity contribution in [3.05, 3.63) is 18.3 Å². The lowest BCUT2D eigenvalue weighted by Crippen LogP contribution is -2.44. The molecule has 1 aromatic rings. The lowest BCUT2D eigenvalue weighted by Gasteiger charge is -2.32. The van der Waals surface area contributed by atoms with Crippen LogP contribution < -0.4 is 10.2 Å². The predicted octanol–water partition coefficient (Wildman–Crippen LogP) is 2.75. The lowest BCUT2D eigenvalue weighted by molar-refractivity contribution is -0.125. The van der Waals surface area contributed by atoms with Gasteiger partial charge in [-0.1, -0.05) is 31.0 Å². The Balaban J connectivity index is 1.66. The standard InChI is InChI=1S/C17H23N3O2S/c1-2-20-13-9-6-10-18-16(13)23-14(17(20)22)11-15(21)19-12-7-4-3-5-8-12/h6,9-10,12,14H,2-5,7-8,11H2,1H3,(H,19,21). The summed E-state index contributed by atoms with van der Waals surface area (Å²) >= 11 is 1.41. The number of hydrogen-bond donors (Lipinski definition) is 1. The second-order valence-electron chi connectivity index (χ2n) is 6.12. The van der Waals surface area contributed by atoms with E-state index in [0.717, 1.165) is 23.6 Å². The molecule has 1 aliphatic carbocycles. The zero-order chi connectivity index (χ0) is 16.2. The van der Waals surface area contributed by atoms with Crippen molar-refractivity contribution in [2.75, 3.05) is 11.4 Å². The van der Waals surface area contributed by atoms with Crippen molar-refractivity contribution >= 4 is 29.3 Å². The fourth-order valence-corrected chi connectivity index (χ4v) is 4.47. The molecule has 0 aromatic carbocycles. The summed E-state index contributed by atoms with van der Waals surface area (Å²) < 4.78 is 0. The van der Waals surface area contributed by atoms with Gasteiger partial charge < -0.3 is 10.2 Å². The molecule has 2 heterocycles. The van der Waals surface area contributed by atoms with Crippen LogP contribution in [0.25, 0.3) is 0 Å². The van der Waals surface area contributed by atoms with E-state index in [1.54, 1.807) is 11.1 Å². The van der Waals surface area contributed by atoms with Crippen molar-refractivity contribution in [1.29, 1.82) is 0 Å². The van der Waals surface area contributed by atoms with Crippen LogP contribution in [0.4, 0.5) is 5.69 Å². The van der Waals surface area contributed by atoms with E-state index in [1.807, 2.05) is 19.1 Å². The Morgan fingerprint density at radius 1 is 1.39 bits per heavy atom. The average molecular weight is 333 g/mol. The Morgan fingerprint density at radius 2 is 2.17 bits per heavy atom. The maximum Gasteiger partial charge on any atom is 0.241 e. The third-order valence-corrected chi connectivity index (χ3v) is 5.69. The van der Waals surface area contributed by atoms with Gasteiger partial charge in [0.1, 0.15) is 5.03 Å². The Kier molecular flexibility index (Phi) is 5.20. The van der Waals surface area contributed by atoms with Gasteiger partial charge in [0.25, 0.3) is 0 Å². The Bertz CT molecular complexity index is 587. The molecular formula is C17H23N3O2S. The Labute approximate surface area is 141 Å². The van der Waals surface area contributed by atoms with Gasteiger partial charge in [-0.25, -0.2) is 4.98 Å². The van der Waals surface area contributed by atoms with Crippen molar-refractivity contribution in [3.8, 4) is 0 Å². The molecule has 1 N–H and O–H groups in total. The van der Waals surface area contributed by atoms with Gasteiger partial charge in [-0.05, 0) is 31.9 Å². The van der Waals surface area contributed by atoms with Crippen LogP contribution in [-0.2, 0) is 9.59 Å². The first kappa shape index (κ1) is 16.3. The molecular weight excluding hydrogens is 310 g/mol. The summed E-state index contributed by atoms with van der Waals surface area (Å²) in [6, 6.07) is 4.04. The highest BCUT2D eigenvalue weighted by molar-refractivity contribution is 8.00. The second-order valence-corrected chi connectivity index (χ2v) is 7.31. The molecule has 0 saturated heterocycles. The molecule has 1 atom stereocenters. The normalized spacial score (nSPS) is 21.9. The van der Waals surface area contributed by atoms with Crippen molar-refractivity contribution in [1.82, 2.24) is 10.3 Å². The summed E-state index contributed by atoms with van der Waals surface area (Å²) in [5.74, 6) is -0.00465. The highest BCUT2D eigenvalue weighted by Gasteiger charge is 2.35. The average Bonchev–Trinajstić information content (AvgIpc) is 2.56. The van der Waals surface area contributed by atoms with E-state index in [0.29, 0.717) is 6.54 Å². The number of carbonyl (C=O) groups is 2. The third kappa shape index (κ3) is 3.68. The van der Waals surface area contributed by atoms with Crippen LogP contribution in [0.1, 0.15) is 45.4 Å². The zero-order valence-corrected chi connectivity index (χ0v) is 14.3. The monoisotopic (exact) mass is 333 g/mol. The number of fused-ring (bicyclic) bond motifs is 1. The molecule has 3 rings (SSSR count). The minimum Gasteiger partial charge on any atom is -0.353 e. The summed E-state index contributed by atoms with van der Waals surface area (Å²) in [5, 5.41) is 3.56. The van der Waals surface area contributed by atoms with Crippen LogP contribution in [-0.4, -0.2) is 34.6 Å². The van der Waals surface area contributed by atoms with E-state index in [9.17, 15) is 9.59 Å². The number of aromatic nitrogens is 1. The van der Waals surface area contributed by atoms with E-state index in [4.69, 9.17) is 0 Å². The SMILES string of the molecule is CCN1C(=O)C(CC(=O)NC2CCCCC2)Sc2ncccc21. The number of nitrogens with zero attached hydrogens (tertiary/aromatic N) is 2. The van der Waals surface area contributed by atoms with Crippen molar-refractivity contribution in [2.45, 2.75) is 61.8 Å². The van der Waals surface area contributed by atoms with Gasteiger partial charge in [-0.3, -0.25) is 9.59 Å². The van der Waals surface area contributed by atoms with Gasteiger partial charge in [0, 0.05) is 25.2 Å². The van der Waals surface area contributed by atoms with Gasteiger partial charge >= 0.3 is 0 Å². The van der Waals surface area contributed by atoms with Gasteiger partial charge in [0.2, 0.25) is 11.8 Å². The topological polar surface area (TPSA) is 62.3 Å². The molecule has 0 radical (unpaired) electrons. The fraction of sp³-hybridized carbons (Fsp3) is 0.588. The molecule has 1 saturated carbocycles. The molecule has 0 bridgehead atoms. The molecule has 5 nitrogen and oxygen atoms in total. The molecule has 0 spiro atoms. The first-order valence-corrected chi connectivity index (χ1v) is 9.29. The molecule has 6 heteroatoms. The van der Waals surface area contributed by atoms with E-state index in [1.165, 1.54) is 31.0 Å². The molecule has 23 heavy (non-hydrogen) atoms. The number of thioether (sulfide) groups is 1. The number of anilines is 1. The number of amides is 2. The van der Waals surface area contributed by atoms with Crippen LogP contribution in [0, 0.1) is 0 Å². The molecule has 124 valence electrons. The smallest absolute Gasteiger partial charge is 0.241 e. The van der Waals surface area contributed by atoms with Gasteiger partial charge in [0.05, 0.1) is 10.9 Å². The quantitative estimate of drug-likeness (QED) is 0.920. The predicted molar refractivity (Wildman–Crippen MR) is 91.5 cm³/mol. The zero-order valence-electron chi connectivity index (χ0n) is 13.5. The van der Waals surface area contributed by atoms with E-state index in [-0.39, 0.29) is 29.5 Å². The Morgan fingerprint density at radius 3 is 2.91 bits per heavy atom. The fourth-order valence-electron chi connectivity index (χ4n) is 3.31. The number of nitrogens with one attached hydrogen (secondary N) is 1. The van der Waals surface area contributed by atoms with Crippen LogP contribution in [0.3, 0.4) is 0 Å².